The quantitative estimate of drug-likeness (QED) is 0.477. The van der Waals surface area contributed by atoms with Gasteiger partial charge in [0.25, 0.3) is 5.91 Å². The van der Waals surface area contributed by atoms with Crippen LogP contribution in [0.3, 0.4) is 0 Å². The summed E-state index contributed by atoms with van der Waals surface area (Å²) >= 11 is 0. The highest BCUT2D eigenvalue weighted by Crippen LogP contribution is 2.32. The molecule has 3 aromatic rings. The number of carbonyl (C=O) groups excluding carboxylic acids is 2. The molecule has 36 heavy (non-hydrogen) atoms. The van der Waals surface area contributed by atoms with Crippen molar-refractivity contribution in [3.63, 3.8) is 0 Å². The number of nitrogens with one attached hydrogen (secondary N) is 1. The molecule has 0 radical (unpaired) electrons. The van der Waals surface area contributed by atoms with Crippen LogP contribution in [0.5, 0.6) is 0 Å². The fourth-order valence-electron chi connectivity index (χ4n) is 4.87. The summed E-state index contributed by atoms with van der Waals surface area (Å²) < 4.78 is 0. The maximum absolute atomic E-state index is 13.5. The van der Waals surface area contributed by atoms with E-state index in [1.807, 2.05) is 53.4 Å². The minimum Gasteiger partial charge on any atom is -0.477 e. The SMILES string of the molecule is O=C(O)c1cc(C(=O)NCC(=O)N(Cc2ccccc2)[C@@H]2CCCC[C@H]2Cc2ccccc2)ncn1. The lowest BCUT2D eigenvalue weighted by atomic mass is 9.79. The van der Waals surface area contributed by atoms with E-state index in [-0.39, 0.29) is 29.9 Å². The number of benzene rings is 2. The molecule has 1 heterocycles. The fraction of sp³-hybridized carbons (Fsp3) is 0.321. The van der Waals surface area contributed by atoms with Gasteiger partial charge >= 0.3 is 5.97 Å². The Morgan fingerprint density at radius 3 is 2.22 bits per heavy atom. The Balaban J connectivity index is 1.51. The summed E-state index contributed by atoms with van der Waals surface area (Å²) in [5.74, 6) is -1.72. The van der Waals surface area contributed by atoms with Crippen molar-refractivity contribution in [3.8, 4) is 0 Å². The van der Waals surface area contributed by atoms with E-state index in [9.17, 15) is 14.4 Å². The Kier molecular flexibility index (Phi) is 8.39. The lowest BCUT2D eigenvalue weighted by Gasteiger charge is -2.40. The zero-order chi connectivity index (χ0) is 25.3. The van der Waals surface area contributed by atoms with Crippen LogP contribution in [0.15, 0.2) is 73.1 Å². The second-order valence-electron chi connectivity index (χ2n) is 9.09. The van der Waals surface area contributed by atoms with Crippen molar-refractivity contribution in [2.75, 3.05) is 6.54 Å². The van der Waals surface area contributed by atoms with Gasteiger partial charge in [-0.3, -0.25) is 9.59 Å². The molecule has 8 nitrogen and oxygen atoms in total. The molecule has 1 fully saturated rings. The van der Waals surface area contributed by atoms with Gasteiger partial charge in [0.05, 0.1) is 6.54 Å². The van der Waals surface area contributed by atoms with Gasteiger partial charge in [0, 0.05) is 18.7 Å². The van der Waals surface area contributed by atoms with Crippen LogP contribution in [-0.2, 0) is 17.8 Å². The summed E-state index contributed by atoms with van der Waals surface area (Å²) in [6.07, 6.45) is 6.08. The number of carbonyl (C=O) groups is 3. The highest BCUT2D eigenvalue weighted by molar-refractivity contribution is 5.96. The molecule has 1 aliphatic carbocycles. The van der Waals surface area contributed by atoms with E-state index < -0.39 is 11.9 Å². The fourth-order valence-corrected chi connectivity index (χ4v) is 4.87. The highest BCUT2D eigenvalue weighted by Gasteiger charge is 2.33. The van der Waals surface area contributed by atoms with Crippen LogP contribution in [0.2, 0.25) is 0 Å². The number of nitrogens with zero attached hydrogens (tertiary/aromatic N) is 3. The smallest absolute Gasteiger partial charge is 0.354 e. The largest absolute Gasteiger partial charge is 0.477 e. The van der Waals surface area contributed by atoms with E-state index in [1.165, 1.54) is 5.56 Å². The van der Waals surface area contributed by atoms with Crippen LogP contribution in [-0.4, -0.2) is 50.3 Å². The van der Waals surface area contributed by atoms with Gasteiger partial charge in [-0.15, -0.1) is 0 Å². The lowest BCUT2D eigenvalue weighted by molar-refractivity contribution is -0.135. The van der Waals surface area contributed by atoms with Gasteiger partial charge in [-0.1, -0.05) is 73.5 Å². The Morgan fingerprint density at radius 2 is 1.53 bits per heavy atom. The number of rotatable bonds is 9. The van der Waals surface area contributed by atoms with Crippen molar-refractivity contribution >= 4 is 17.8 Å². The lowest BCUT2D eigenvalue weighted by Crippen LogP contribution is -2.49. The number of carboxylic acids is 1. The molecule has 186 valence electrons. The topological polar surface area (TPSA) is 112 Å². The molecule has 2 atom stereocenters. The third kappa shape index (κ3) is 6.53. The monoisotopic (exact) mass is 486 g/mol. The van der Waals surface area contributed by atoms with Crippen molar-refractivity contribution in [1.82, 2.24) is 20.2 Å². The molecule has 0 aliphatic heterocycles. The third-order valence-electron chi connectivity index (χ3n) is 6.65. The number of aromatic nitrogens is 2. The van der Waals surface area contributed by atoms with Crippen molar-refractivity contribution in [3.05, 3.63) is 95.6 Å². The maximum atomic E-state index is 13.5. The van der Waals surface area contributed by atoms with Crippen LogP contribution in [0.4, 0.5) is 0 Å². The molecule has 4 rings (SSSR count). The van der Waals surface area contributed by atoms with E-state index in [1.54, 1.807) is 0 Å². The van der Waals surface area contributed by atoms with Gasteiger partial charge in [-0.25, -0.2) is 14.8 Å². The minimum atomic E-state index is -1.25. The van der Waals surface area contributed by atoms with E-state index in [0.717, 1.165) is 50.1 Å². The number of carboxylic acid groups (broad SMARTS) is 1. The molecule has 0 saturated heterocycles. The molecular formula is C28H30N4O4. The van der Waals surface area contributed by atoms with Gasteiger partial charge in [0.15, 0.2) is 5.69 Å². The summed E-state index contributed by atoms with van der Waals surface area (Å²) in [6, 6.07) is 21.4. The first-order valence-electron chi connectivity index (χ1n) is 12.2. The second kappa shape index (κ2) is 12.1. The summed E-state index contributed by atoms with van der Waals surface area (Å²) in [4.78, 5) is 46.7. The van der Waals surface area contributed by atoms with Crippen LogP contribution >= 0.6 is 0 Å². The molecule has 2 N–H and O–H groups in total. The molecule has 1 aromatic heterocycles. The predicted molar refractivity (Wildman–Crippen MR) is 134 cm³/mol. The molecule has 0 spiro atoms. The molecule has 1 saturated carbocycles. The van der Waals surface area contributed by atoms with Crippen molar-refractivity contribution in [1.29, 1.82) is 0 Å². The molecular weight excluding hydrogens is 456 g/mol. The van der Waals surface area contributed by atoms with Gasteiger partial charge < -0.3 is 15.3 Å². The molecule has 0 bridgehead atoms. The number of aromatic carboxylic acids is 1. The number of amides is 2. The van der Waals surface area contributed by atoms with Gasteiger partial charge in [-0.05, 0) is 36.3 Å². The van der Waals surface area contributed by atoms with E-state index >= 15 is 0 Å². The summed E-state index contributed by atoms with van der Waals surface area (Å²) in [5, 5.41) is 11.7. The molecule has 2 amide bonds. The summed E-state index contributed by atoms with van der Waals surface area (Å²) in [5.41, 5.74) is 1.92. The maximum Gasteiger partial charge on any atom is 0.354 e. The van der Waals surface area contributed by atoms with Crippen LogP contribution in [0.1, 0.15) is 57.8 Å². The minimum absolute atomic E-state index is 0.0567. The highest BCUT2D eigenvalue weighted by atomic mass is 16.4. The zero-order valence-electron chi connectivity index (χ0n) is 20.0. The average Bonchev–Trinajstić information content (AvgIpc) is 2.92. The van der Waals surface area contributed by atoms with Gasteiger partial charge in [0.1, 0.15) is 12.0 Å². The van der Waals surface area contributed by atoms with Crippen molar-refractivity contribution < 1.29 is 19.5 Å². The molecule has 2 aromatic carbocycles. The standard InChI is InChI=1S/C28H30N4O4/c33-26(17-29-27(34)23-16-24(28(35)36)31-19-30-23)32(18-21-11-5-2-6-12-21)25-14-8-7-13-22(25)15-20-9-3-1-4-10-20/h1-6,9-12,16,19,22,25H,7-8,13-15,17-18H2,(H,29,34)(H,35,36)/t22-,25+/m0/s1. The molecule has 1 aliphatic rings. The predicted octanol–water partition coefficient (Wildman–Crippen LogP) is 3.73. The first kappa shape index (κ1) is 25.0. The van der Waals surface area contributed by atoms with Crippen molar-refractivity contribution in [2.45, 2.75) is 44.7 Å². The first-order valence-corrected chi connectivity index (χ1v) is 12.2. The average molecular weight is 487 g/mol. The Labute approximate surface area is 210 Å². The van der Waals surface area contributed by atoms with Gasteiger partial charge in [-0.2, -0.15) is 0 Å². The van der Waals surface area contributed by atoms with E-state index in [2.05, 4.69) is 27.4 Å². The second-order valence-corrected chi connectivity index (χ2v) is 9.09. The third-order valence-corrected chi connectivity index (χ3v) is 6.65. The Bertz CT molecular complexity index is 1190. The molecule has 8 heteroatoms. The Morgan fingerprint density at radius 1 is 0.889 bits per heavy atom. The Hall–Kier alpha value is -4.07. The molecule has 0 unspecified atom stereocenters. The van der Waals surface area contributed by atoms with Crippen LogP contribution < -0.4 is 5.32 Å². The van der Waals surface area contributed by atoms with E-state index in [4.69, 9.17) is 5.11 Å². The van der Waals surface area contributed by atoms with Gasteiger partial charge in [0.2, 0.25) is 5.91 Å². The summed E-state index contributed by atoms with van der Waals surface area (Å²) in [7, 11) is 0. The normalized spacial score (nSPS) is 17.2. The zero-order valence-corrected chi connectivity index (χ0v) is 20.0. The van der Waals surface area contributed by atoms with Crippen LogP contribution in [0, 0.1) is 5.92 Å². The van der Waals surface area contributed by atoms with Crippen molar-refractivity contribution in [2.24, 2.45) is 5.92 Å². The number of hydrogen-bond donors (Lipinski definition) is 2. The summed E-state index contributed by atoms with van der Waals surface area (Å²) in [6.45, 7) is 0.259. The number of hydrogen-bond acceptors (Lipinski definition) is 5. The van der Waals surface area contributed by atoms with Crippen LogP contribution in [0.25, 0.3) is 0 Å². The van der Waals surface area contributed by atoms with E-state index in [0.29, 0.717) is 12.5 Å². The first-order chi connectivity index (χ1) is 17.5.